The summed E-state index contributed by atoms with van der Waals surface area (Å²) >= 11 is 1.75. The van der Waals surface area contributed by atoms with E-state index in [0.29, 0.717) is 5.96 Å². The second-order valence-electron chi connectivity index (χ2n) is 3.20. The molecule has 0 spiro atoms. The zero-order valence-corrected chi connectivity index (χ0v) is 9.49. The maximum absolute atomic E-state index is 11.4. The maximum Gasteiger partial charge on any atom is 0.249 e. The number of carbonyl (C=O) groups is 1. The number of amides is 1. The Bertz CT molecular complexity index is 230. The average molecular weight is 215 g/mol. The molecule has 0 bridgehead atoms. The zero-order valence-electron chi connectivity index (χ0n) is 8.67. The third-order valence-electron chi connectivity index (χ3n) is 1.97. The highest BCUT2D eigenvalue weighted by Crippen LogP contribution is 2.04. The molecule has 4 nitrogen and oxygen atoms in total. The van der Waals surface area contributed by atoms with E-state index < -0.39 is 0 Å². The van der Waals surface area contributed by atoms with Crippen molar-refractivity contribution in [2.45, 2.75) is 25.8 Å². The molecule has 0 radical (unpaired) electrons. The van der Waals surface area contributed by atoms with Crippen LogP contribution in [0.15, 0.2) is 4.99 Å². The predicted molar refractivity (Wildman–Crippen MR) is 60.7 cm³/mol. The highest BCUT2D eigenvalue weighted by molar-refractivity contribution is 7.98. The Morgan fingerprint density at radius 3 is 3.00 bits per heavy atom. The van der Waals surface area contributed by atoms with E-state index in [9.17, 15) is 4.79 Å². The fraction of sp³-hybridized carbons (Fsp3) is 0.778. The second-order valence-corrected chi connectivity index (χ2v) is 4.18. The van der Waals surface area contributed by atoms with E-state index in [0.717, 1.165) is 25.1 Å². The summed E-state index contributed by atoms with van der Waals surface area (Å²) in [6.07, 6.45) is 3.90. The Balaban J connectivity index is 2.39. The van der Waals surface area contributed by atoms with Crippen LogP contribution in [0.25, 0.3) is 0 Å². The van der Waals surface area contributed by atoms with Crippen LogP contribution in [0.4, 0.5) is 0 Å². The Labute approximate surface area is 88.9 Å². The molecule has 1 fully saturated rings. The second kappa shape index (κ2) is 5.90. The summed E-state index contributed by atoms with van der Waals surface area (Å²) in [6, 6.07) is -0.0851. The van der Waals surface area contributed by atoms with Crippen LogP contribution in [0, 0.1) is 0 Å². The molecular formula is C9H17N3OS. The molecule has 0 aromatic rings. The first-order valence-corrected chi connectivity index (χ1v) is 6.28. The average Bonchev–Trinajstić information content (AvgIpc) is 2.53. The van der Waals surface area contributed by atoms with Gasteiger partial charge in [0.1, 0.15) is 6.04 Å². The first-order valence-electron chi connectivity index (χ1n) is 4.88. The summed E-state index contributed by atoms with van der Waals surface area (Å²) in [7, 11) is 0. The van der Waals surface area contributed by atoms with Gasteiger partial charge in [-0.2, -0.15) is 11.8 Å². The van der Waals surface area contributed by atoms with Gasteiger partial charge in [0.05, 0.1) is 0 Å². The molecule has 1 heterocycles. The molecule has 80 valence electrons. The topological polar surface area (TPSA) is 53.5 Å². The molecule has 1 amide bonds. The van der Waals surface area contributed by atoms with Crippen molar-refractivity contribution in [2.24, 2.45) is 4.99 Å². The first kappa shape index (κ1) is 11.4. The van der Waals surface area contributed by atoms with E-state index >= 15 is 0 Å². The monoisotopic (exact) mass is 215 g/mol. The lowest BCUT2D eigenvalue weighted by Gasteiger charge is -2.05. The lowest BCUT2D eigenvalue weighted by molar-refractivity contribution is -0.120. The number of rotatable bonds is 5. The van der Waals surface area contributed by atoms with Crippen molar-refractivity contribution in [2.75, 3.05) is 18.6 Å². The first-order chi connectivity index (χ1) is 6.77. The number of thioether (sulfide) groups is 1. The van der Waals surface area contributed by atoms with Gasteiger partial charge in [-0.15, -0.1) is 0 Å². The molecule has 1 saturated heterocycles. The van der Waals surface area contributed by atoms with Crippen molar-refractivity contribution < 1.29 is 4.79 Å². The van der Waals surface area contributed by atoms with Crippen LogP contribution in [-0.4, -0.2) is 36.5 Å². The summed E-state index contributed by atoms with van der Waals surface area (Å²) in [6.45, 7) is 2.82. The van der Waals surface area contributed by atoms with Crippen LogP contribution in [0.1, 0.15) is 19.8 Å². The van der Waals surface area contributed by atoms with Gasteiger partial charge in [0.2, 0.25) is 5.91 Å². The number of guanidine groups is 1. The molecule has 1 unspecified atom stereocenters. The molecule has 1 rings (SSSR count). The Morgan fingerprint density at radius 1 is 1.57 bits per heavy atom. The van der Waals surface area contributed by atoms with E-state index in [4.69, 9.17) is 0 Å². The Kier molecular flexibility index (Phi) is 4.79. The highest BCUT2D eigenvalue weighted by Gasteiger charge is 2.26. The SMILES string of the molecule is CCCN=C1NC(=O)C(CCSC)N1. The van der Waals surface area contributed by atoms with Crippen LogP contribution in [0.2, 0.25) is 0 Å². The summed E-state index contributed by atoms with van der Waals surface area (Å²) in [4.78, 5) is 15.6. The molecular weight excluding hydrogens is 198 g/mol. The number of aliphatic imine (C=N–C) groups is 1. The number of carbonyl (C=O) groups excluding carboxylic acids is 1. The van der Waals surface area contributed by atoms with Crippen LogP contribution in [0.3, 0.4) is 0 Å². The molecule has 1 atom stereocenters. The third kappa shape index (κ3) is 3.21. The lowest BCUT2D eigenvalue weighted by Crippen LogP contribution is -2.29. The molecule has 14 heavy (non-hydrogen) atoms. The van der Waals surface area contributed by atoms with E-state index in [1.54, 1.807) is 11.8 Å². The smallest absolute Gasteiger partial charge is 0.249 e. The molecule has 1 aliphatic rings. The van der Waals surface area contributed by atoms with Crippen LogP contribution >= 0.6 is 11.8 Å². The normalized spacial score (nSPS) is 23.7. The van der Waals surface area contributed by atoms with E-state index in [1.807, 2.05) is 6.26 Å². The lowest BCUT2D eigenvalue weighted by atomic mass is 10.2. The van der Waals surface area contributed by atoms with E-state index in [1.165, 1.54) is 0 Å². The third-order valence-corrected chi connectivity index (χ3v) is 2.62. The molecule has 5 heteroatoms. The van der Waals surface area contributed by atoms with Gasteiger partial charge in [0.15, 0.2) is 5.96 Å². The van der Waals surface area contributed by atoms with Crippen LogP contribution < -0.4 is 10.6 Å². The fourth-order valence-electron chi connectivity index (χ4n) is 1.22. The standard InChI is InChI=1S/C9H17N3OS/c1-3-5-10-9-11-7(4-6-14-2)8(13)12-9/h7H,3-6H2,1-2H3,(H2,10,11,12,13). The predicted octanol–water partition coefficient (Wildman–Crippen LogP) is 0.593. The van der Waals surface area contributed by atoms with Gasteiger partial charge in [-0.3, -0.25) is 15.1 Å². The minimum atomic E-state index is -0.0851. The van der Waals surface area contributed by atoms with Gasteiger partial charge in [0, 0.05) is 6.54 Å². The Morgan fingerprint density at radius 2 is 2.36 bits per heavy atom. The Hall–Kier alpha value is -0.710. The summed E-state index contributed by atoms with van der Waals surface area (Å²) in [5.41, 5.74) is 0. The van der Waals surface area contributed by atoms with E-state index in [-0.39, 0.29) is 11.9 Å². The minimum absolute atomic E-state index is 0.0499. The van der Waals surface area contributed by atoms with Crippen molar-refractivity contribution in [1.82, 2.24) is 10.6 Å². The van der Waals surface area contributed by atoms with Crippen molar-refractivity contribution in [3.05, 3.63) is 0 Å². The number of hydrogen-bond acceptors (Lipinski definition) is 3. The van der Waals surface area contributed by atoms with Gasteiger partial charge in [-0.25, -0.2) is 0 Å². The van der Waals surface area contributed by atoms with Gasteiger partial charge >= 0.3 is 0 Å². The summed E-state index contributed by atoms with van der Waals surface area (Å²) in [5.74, 6) is 1.68. The molecule has 1 aliphatic heterocycles. The van der Waals surface area contributed by atoms with Crippen molar-refractivity contribution in [1.29, 1.82) is 0 Å². The minimum Gasteiger partial charge on any atom is -0.344 e. The molecule has 0 aromatic heterocycles. The number of nitrogens with one attached hydrogen (secondary N) is 2. The molecule has 2 N–H and O–H groups in total. The molecule has 0 aliphatic carbocycles. The zero-order chi connectivity index (χ0) is 10.4. The van der Waals surface area contributed by atoms with E-state index in [2.05, 4.69) is 22.5 Å². The summed E-state index contributed by atoms with van der Waals surface area (Å²) in [5, 5.41) is 5.82. The van der Waals surface area contributed by atoms with Gasteiger partial charge < -0.3 is 5.32 Å². The van der Waals surface area contributed by atoms with Crippen molar-refractivity contribution >= 4 is 23.6 Å². The largest absolute Gasteiger partial charge is 0.344 e. The van der Waals surface area contributed by atoms with Gasteiger partial charge in [-0.1, -0.05) is 6.92 Å². The quantitative estimate of drug-likeness (QED) is 0.706. The van der Waals surface area contributed by atoms with Crippen LogP contribution in [0.5, 0.6) is 0 Å². The maximum atomic E-state index is 11.4. The number of nitrogens with zero attached hydrogens (tertiary/aromatic N) is 1. The van der Waals surface area contributed by atoms with Gasteiger partial charge in [0.25, 0.3) is 0 Å². The fourth-order valence-corrected chi connectivity index (χ4v) is 1.69. The highest BCUT2D eigenvalue weighted by atomic mass is 32.2. The van der Waals surface area contributed by atoms with Crippen LogP contribution in [-0.2, 0) is 4.79 Å². The summed E-state index contributed by atoms with van der Waals surface area (Å²) < 4.78 is 0. The molecule has 0 saturated carbocycles. The molecule has 0 aromatic carbocycles. The van der Waals surface area contributed by atoms with Gasteiger partial charge in [-0.05, 0) is 24.9 Å². The van der Waals surface area contributed by atoms with Crippen molar-refractivity contribution in [3.63, 3.8) is 0 Å². The number of hydrogen-bond donors (Lipinski definition) is 2. The van der Waals surface area contributed by atoms with Crippen molar-refractivity contribution in [3.8, 4) is 0 Å².